The van der Waals surface area contributed by atoms with Gasteiger partial charge >= 0.3 is 0 Å². The van der Waals surface area contributed by atoms with Gasteiger partial charge in [-0.25, -0.2) is 4.98 Å². The van der Waals surface area contributed by atoms with E-state index in [1.54, 1.807) is 42.5 Å². The van der Waals surface area contributed by atoms with Crippen molar-refractivity contribution in [1.82, 2.24) is 9.66 Å². The van der Waals surface area contributed by atoms with Gasteiger partial charge in [0.1, 0.15) is 18.2 Å². The standard InChI is InChI=1S/C24H18BrClN4O4/c1-2-23-28-21-9-5-17(25)12-20(21)24(31)29(23)27-13-16-11-18(26)6-10-22(16)34-14-15-3-7-19(8-4-15)30(32)33/h3-13H,2,14H2,1H3. The summed E-state index contributed by atoms with van der Waals surface area (Å²) in [6.07, 6.45) is 2.01. The quantitative estimate of drug-likeness (QED) is 0.169. The van der Waals surface area contributed by atoms with Gasteiger partial charge in [-0.3, -0.25) is 14.9 Å². The summed E-state index contributed by atoms with van der Waals surface area (Å²) in [5.74, 6) is 1.01. The van der Waals surface area contributed by atoms with Crippen LogP contribution in [-0.4, -0.2) is 20.8 Å². The van der Waals surface area contributed by atoms with Gasteiger partial charge < -0.3 is 4.74 Å². The van der Waals surface area contributed by atoms with Crippen LogP contribution in [0, 0.1) is 10.1 Å². The van der Waals surface area contributed by atoms with Crippen LogP contribution in [0.3, 0.4) is 0 Å². The molecular weight excluding hydrogens is 524 g/mol. The number of nitro benzene ring substituents is 1. The molecule has 4 aromatic rings. The van der Waals surface area contributed by atoms with Gasteiger partial charge in [0.05, 0.1) is 22.0 Å². The molecular formula is C24H18BrClN4O4. The second kappa shape index (κ2) is 10.1. The van der Waals surface area contributed by atoms with E-state index in [4.69, 9.17) is 16.3 Å². The topological polar surface area (TPSA) is 99.6 Å². The van der Waals surface area contributed by atoms with Gasteiger partial charge in [0.25, 0.3) is 11.2 Å². The molecule has 0 amide bonds. The normalized spacial score (nSPS) is 11.3. The first-order chi connectivity index (χ1) is 16.4. The van der Waals surface area contributed by atoms with Gasteiger partial charge in [0.15, 0.2) is 0 Å². The number of hydrogen-bond acceptors (Lipinski definition) is 6. The number of non-ortho nitro benzene ring substituents is 1. The van der Waals surface area contributed by atoms with Crippen LogP contribution in [0.15, 0.2) is 75.0 Å². The molecule has 10 heteroatoms. The van der Waals surface area contributed by atoms with Crippen LogP contribution in [0.4, 0.5) is 5.69 Å². The van der Waals surface area contributed by atoms with Crippen LogP contribution < -0.4 is 10.3 Å². The van der Waals surface area contributed by atoms with Crippen molar-refractivity contribution in [3.05, 3.63) is 108 Å². The number of benzene rings is 3. The summed E-state index contributed by atoms with van der Waals surface area (Å²) in [6, 6.07) is 16.5. The van der Waals surface area contributed by atoms with Crippen molar-refractivity contribution < 1.29 is 9.66 Å². The van der Waals surface area contributed by atoms with E-state index in [1.165, 1.54) is 23.0 Å². The molecule has 0 saturated carbocycles. The van der Waals surface area contributed by atoms with Crippen molar-refractivity contribution in [2.24, 2.45) is 5.10 Å². The molecule has 0 aliphatic heterocycles. The Balaban J connectivity index is 1.65. The number of ether oxygens (including phenoxy) is 1. The van der Waals surface area contributed by atoms with E-state index in [-0.39, 0.29) is 17.9 Å². The number of hydrogen-bond donors (Lipinski definition) is 0. The third-order valence-electron chi connectivity index (χ3n) is 5.02. The molecule has 172 valence electrons. The Labute approximate surface area is 207 Å². The monoisotopic (exact) mass is 540 g/mol. The summed E-state index contributed by atoms with van der Waals surface area (Å²) >= 11 is 9.57. The van der Waals surface area contributed by atoms with Gasteiger partial charge in [-0.2, -0.15) is 9.78 Å². The Morgan fingerprint density at radius 1 is 1.18 bits per heavy atom. The Kier molecular flexibility index (Phi) is 7.04. The number of aryl methyl sites for hydroxylation is 1. The fourth-order valence-electron chi connectivity index (χ4n) is 3.29. The van der Waals surface area contributed by atoms with E-state index in [9.17, 15) is 14.9 Å². The van der Waals surface area contributed by atoms with Gasteiger partial charge in [0.2, 0.25) is 0 Å². The third kappa shape index (κ3) is 5.16. The SMILES string of the molecule is CCc1nc2ccc(Br)cc2c(=O)n1N=Cc1cc(Cl)ccc1OCc1ccc([N+](=O)[O-])cc1. The molecule has 0 N–H and O–H groups in total. The number of halogens is 2. The fourth-order valence-corrected chi connectivity index (χ4v) is 3.83. The van der Waals surface area contributed by atoms with E-state index in [1.807, 2.05) is 13.0 Å². The number of nitrogens with zero attached hydrogens (tertiary/aromatic N) is 4. The maximum absolute atomic E-state index is 13.1. The lowest BCUT2D eigenvalue weighted by Gasteiger charge is -2.11. The lowest BCUT2D eigenvalue weighted by Crippen LogP contribution is -2.22. The highest BCUT2D eigenvalue weighted by Crippen LogP contribution is 2.23. The zero-order chi connectivity index (χ0) is 24.2. The Hall–Kier alpha value is -3.56. The summed E-state index contributed by atoms with van der Waals surface area (Å²) in [6.45, 7) is 2.09. The minimum absolute atomic E-state index is 0.0104. The molecule has 1 heterocycles. The first-order valence-corrected chi connectivity index (χ1v) is 11.4. The van der Waals surface area contributed by atoms with Gasteiger partial charge in [-0.05, 0) is 54.1 Å². The largest absolute Gasteiger partial charge is 0.488 e. The van der Waals surface area contributed by atoms with Crippen LogP contribution in [0.5, 0.6) is 5.75 Å². The van der Waals surface area contributed by atoms with Gasteiger partial charge in [0, 0.05) is 33.6 Å². The predicted octanol–water partition coefficient (Wildman–Crippen LogP) is 5.74. The van der Waals surface area contributed by atoms with Crippen molar-refractivity contribution >= 4 is 50.3 Å². The van der Waals surface area contributed by atoms with E-state index in [0.29, 0.717) is 39.5 Å². The van der Waals surface area contributed by atoms with Crippen LogP contribution in [-0.2, 0) is 13.0 Å². The summed E-state index contributed by atoms with van der Waals surface area (Å²) in [7, 11) is 0. The van der Waals surface area contributed by atoms with E-state index < -0.39 is 4.92 Å². The molecule has 0 aliphatic carbocycles. The molecule has 0 unspecified atom stereocenters. The molecule has 3 aromatic carbocycles. The summed E-state index contributed by atoms with van der Waals surface area (Å²) < 4.78 is 7.96. The summed E-state index contributed by atoms with van der Waals surface area (Å²) in [4.78, 5) is 28.0. The molecule has 34 heavy (non-hydrogen) atoms. The predicted molar refractivity (Wildman–Crippen MR) is 135 cm³/mol. The Morgan fingerprint density at radius 2 is 1.94 bits per heavy atom. The molecule has 0 spiro atoms. The number of fused-ring (bicyclic) bond motifs is 1. The Bertz CT molecular complexity index is 1470. The maximum Gasteiger partial charge on any atom is 0.282 e. The van der Waals surface area contributed by atoms with Crippen LogP contribution in [0.1, 0.15) is 23.9 Å². The lowest BCUT2D eigenvalue weighted by molar-refractivity contribution is -0.384. The minimum atomic E-state index is -0.453. The van der Waals surface area contributed by atoms with Crippen molar-refractivity contribution in [3.8, 4) is 5.75 Å². The Morgan fingerprint density at radius 3 is 2.65 bits per heavy atom. The smallest absolute Gasteiger partial charge is 0.282 e. The number of rotatable bonds is 7. The highest BCUT2D eigenvalue weighted by molar-refractivity contribution is 9.10. The first kappa shape index (κ1) is 23.6. The molecule has 0 saturated heterocycles. The first-order valence-electron chi connectivity index (χ1n) is 10.3. The molecule has 0 atom stereocenters. The molecule has 0 bridgehead atoms. The minimum Gasteiger partial charge on any atom is -0.488 e. The van der Waals surface area contributed by atoms with Crippen LogP contribution in [0.2, 0.25) is 5.02 Å². The average Bonchev–Trinajstić information content (AvgIpc) is 2.83. The molecule has 0 aliphatic rings. The average molecular weight is 542 g/mol. The fraction of sp³-hybridized carbons (Fsp3) is 0.125. The van der Waals surface area contributed by atoms with Crippen molar-refractivity contribution in [1.29, 1.82) is 0 Å². The number of nitro groups is 1. The maximum atomic E-state index is 13.1. The molecule has 0 fully saturated rings. The van der Waals surface area contributed by atoms with Crippen molar-refractivity contribution in [2.45, 2.75) is 20.0 Å². The van der Waals surface area contributed by atoms with E-state index >= 15 is 0 Å². The highest BCUT2D eigenvalue weighted by Gasteiger charge is 2.11. The second-order valence-electron chi connectivity index (χ2n) is 7.30. The highest BCUT2D eigenvalue weighted by atomic mass is 79.9. The van der Waals surface area contributed by atoms with E-state index in [2.05, 4.69) is 26.0 Å². The molecule has 4 rings (SSSR count). The molecule has 8 nitrogen and oxygen atoms in total. The number of aromatic nitrogens is 2. The van der Waals surface area contributed by atoms with Gasteiger partial charge in [-0.1, -0.05) is 34.5 Å². The van der Waals surface area contributed by atoms with Crippen molar-refractivity contribution in [2.75, 3.05) is 0 Å². The summed E-state index contributed by atoms with van der Waals surface area (Å²) in [5, 5.41) is 16.2. The third-order valence-corrected chi connectivity index (χ3v) is 5.75. The van der Waals surface area contributed by atoms with Gasteiger partial charge in [-0.15, -0.1) is 0 Å². The van der Waals surface area contributed by atoms with Crippen LogP contribution >= 0.6 is 27.5 Å². The molecule has 1 aromatic heterocycles. The lowest BCUT2D eigenvalue weighted by atomic mass is 10.2. The zero-order valence-electron chi connectivity index (χ0n) is 17.9. The zero-order valence-corrected chi connectivity index (χ0v) is 20.3. The van der Waals surface area contributed by atoms with Crippen molar-refractivity contribution in [3.63, 3.8) is 0 Å². The second-order valence-corrected chi connectivity index (χ2v) is 8.65. The van der Waals surface area contributed by atoms with Crippen LogP contribution in [0.25, 0.3) is 10.9 Å². The molecule has 0 radical (unpaired) electrons. The van der Waals surface area contributed by atoms with E-state index in [0.717, 1.165) is 10.0 Å². The summed E-state index contributed by atoms with van der Waals surface area (Å²) in [5.41, 5.74) is 1.66.